The van der Waals surface area contributed by atoms with E-state index in [0.717, 1.165) is 18.5 Å². The normalized spacial score (nSPS) is 15.9. The van der Waals surface area contributed by atoms with Crippen molar-refractivity contribution >= 4 is 5.97 Å². The first-order valence-electron chi connectivity index (χ1n) is 10.7. The van der Waals surface area contributed by atoms with E-state index in [0.29, 0.717) is 35.3 Å². The number of carbonyl (C=O) groups excluding carboxylic acids is 1. The molecule has 1 saturated heterocycles. The molecule has 31 heavy (non-hydrogen) atoms. The van der Waals surface area contributed by atoms with Crippen LogP contribution in [0.25, 0.3) is 11.1 Å². The summed E-state index contributed by atoms with van der Waals surface area (Å²) in [5.41, 5.74) is 2.05. The Balaban J connectivity index is 1.38. The molecular formula is C26H26NO4. The lowest BCUT2D eigenvalue weighted by Crippen LogP contribution is -2.35. The van der Waals surface area contributed by atoms with Crippen molar-refractivity contribution in [2.45, 2.75) is 31.7 Å². The lowest BCUT2D eigenvalue weighted by Gasteiger charge is -2.23. The van der Waals surface area contributed by atoms with E-state index in [1.54, 1.807) is 48.5 Å². The van der Waals surface area contributed by atoms with E-state index in [2.05, 4.69) is 11.4 Å². The fourth-order valence-corrected chi connectivity index (χ4v) is 3.69. The predicted molar refractivity (Wildman–Crippen MR) is 120 cm³/mol. The van der Waals surface area contributed by atoms with Crippen molar-refractivity contribution in [3.8, 4) is 28.4 Å². The van der Waals surface area contributed by atoms with Crippen LogP contribution < -0.4 is 14.8 Å². The molecule has 0 saturated carbocycles. The number of aromatic hydroxyl groups is 1. The van der Waals surface area contributed by atoms with Gasteiger partial charge in [0.25, 0.3) is 0 Å². The average molecular weight is 416 g/mol. The maximum absolute atomic E-state index is 12.2. The van der Waals surface area contributed by atoms with Gasteiger partial charge in [0.2, 0.25) is 0 Å². The van der Waals surface area contributed by atoms with E-state index in [-0.39, 0.29) is 5.75 Å². The number of hydrogen-bond donors (Lipinski definition) is 2. The highest BCUT2D eigenvalue weighted by Crippen LogP contribution is 2.30. The SMILES string of the molecule is O=C(Oc1ccc(-c2[c]c(OCCC3CCCCN3)cc(O)c2)cc1)c1ccccc1. The number of carbonyl (C=O) groups is 1. The molecule has 1 heterocycles. The molecule has 0 amide bonds. The number of phenols is 1. The van der Waals surface area contributed by atoms with Crippen molar-refractivity contribution in [3.63, 3.8) is 0 Å². The van der Waals surface area contributed by atoms with Gasteiger partial charge >= 0.3 is 5.97 Å². The molecule has 0 aliphatic carbocycles. The predicted octanol–water partition coefficient (Wildman–Crippen LogP) is 4.99. The van der Waals surface area contributed by atoms with Crippen LogP contribution in [0.5, 0.6) is 17.2 Å². The first-order chi connectivity index (χ1) is 15.2. The number of benzene rings is 3. The number of ether oxygens (including phenoxy) is 2. The quantitative estimate of drug-likeness (QED) is 0.420. The molecule has 5 heteroatoms. The first kappa shape index (κ1) is 20.9. The number of piperidine rings is 1. The van der Waals surface area contributed by atoms with Crippen LogP contribution in [0.15, 0.2) is 66.7 Å². The lowest BCUT2D eigenvalue weighted by atomic mass is 10.0. The Bertz CT molecular complexity index is 996. The van der Waals surface area contributed by atoms with Crippen molar-refractivity contribution < 1.29 is 19.4 Å². The second-order valence-corrected chi connectivity index (χ2v) is 7.68. The minimum absolute atomic E-state index is 0.124. The standard InChI is InChI=1S/C26H26NO4/c28-23-16-21(17-25(18-23)30-15-13-22-8-4-5-14-27-22)19-9-11-24(12-10-19)31-26(29)20-6-2-1-3-7-20/h1-3,6-7,9-12,16,18,22,27-28H,4-5,8,13-15H2. The van der Waals surface area contributed by atoms with E-state index in [1.807, 2.05) is 18.2 Å². The highest BCUT2D eigenvalue weighted by atomic mass is 16.5. The Morgan fingerprint density at radius 1 is 1.06 bits per heavy atom. The maximum Gasteiger partial charge on any atom is 0.343 e. The molecule has 159 valence electrons. The Kier molecular flexibility index (Phi) is 6.85. The van der Waals surface area contributed by atoms with Crippen molar-refractivity contribution in [2.24, 2.45) is 0 Å². The van der Waals surface area contributed by atoms with Gasteiger partial charge in [-0.05, 0) is 67.3 Å². The van der Waals surface area contributed by atoms with E-state index < -0.39 is 5.97 Å². The second kappa shape index (κ2) is 10.1. The fourth-order valence-electron chi connectivity index (χ4n) is 3.69. The summed E-state index contributed by atoms with van der Waals surface area (Å²) in [4.78, 5) is 12.2. The van der Waals surface area contributed by atoms with Crippen molar-refractivity contribution in [1.82, 2.24) is 5.32 Å². The molecule has 4 rings (SSSR count). The summed E-state index contributed by atoms with van der Waals surface area (Å²) in [5.74, 6) is 0.694. The smallest absolute Gasteiger partial charge is 0.343 e. The Morgan fingerprint density at radius 2 is 1.87 bits per heavy atom. The topological polar surface area (TPSA) is 67.8 Å². The molecule has 0 aromatic heterocycles. The van der Waals surface area contributed by atoms with Crippen LogP contribution in [0.2, 0.25) is 0 Å². The van der Waals surface area contributed by atoms with Gasteiger partial charge in [0, 0.05) is 18.2 Å². The Labute approximate surface area is 182 Å². The van der Waals surface area contributed by atoms with Crippen molar-refractivity contribution in [2.75, 3.05) is 13.2 Å². The van der Waals surface area contributed by atoms with Gasteiger partial charge < -0.3 is 19.9 Å². The largest absolute Gasteiger partial charge is 0.508 e. The van der Waals surface area contributed by atoms with Gasteiger partial charge in [0.15, 0.2) is 0 Å². The van der Waals surface area contributed by atoms with Crippen LogP contribution in [0, 0.1) is 6.07 Å². The van der Waals surface area contributed by atoms with Crippen molar-refractivity contribution in [3.05, 3.63) is 78.4 Å². The summed E-state index contributed by atoms with van der Waals surface area (Å²) in [5, 5.41) is 13.6. The zero-order valence-electron chi connectivity index (χ0n) is 17.3. The highest BCUT2D eigenvalue weighted by molar-refractivity contribution is 5.91. The van der Waals surface area contributed by atoms with Crippen LogP contribution in [0.1, 0.15) is 36.0 Å². The molecule has 3 aromatic carbocycles. The molecule has 5 nitrogen and oxygen atoms in total. The monoisotopic (exact) mass is 416 g/mol. The Hall–Kier alpha value is -3.31. The number of phenolic OH excluding ortho intramolecular Hbond substituents is 1. The third-order valence-corrected chi connectivity index (χ3v) is 5.35. The van der Waals surface area contributed by atoms with Crippen molar-refractivity contribution in [1.29, 1.82) is 0 Å². The summed E-state index contributed by atoms with van der Waals surface area (Å²) in [7, 11) is 0. The van der Waals surface area contributed by atoms with Crippen LogP contribution in [0.4, 0.5) is 0 Å². The number of esters is 1. The third kappa shape index (κ3) is 5.86. The van der Waals surface area contributed by atoms with Crippen LogP contribution in [-0.4, -0.2) is 30.3 Å². The van der Waals surface area contributed by atoms with Gasteiger partial charge in [0.05, 0.1) is 12.2 Å². The summed E-state index contributed by atoms with van der Waals surface area (Å²) in [6, 6.07) is 22.9. The maximum atomic E-state index is 12.2. The van der Waals surface area contributed by atoms with Gasteiger partial charge in [-0.3, -0.25) is 0 Å². The molecule has 1 unspecified atom stereocenters. The second-order valence-electron chi connectivity index (χ2n) is 7.68. The van der Waals surface area contributed by atoms with E-state index in [4.69, 9.17) is 9.47 Å². The van der Waals surface area contributed by atoms with Gasteiger partial charge in [0.1, 0.15) is 17.2 Å². The average Bonchev–Trinajstić information content (AvgIpc) is 2.80. The molecule has 0 spiro atoms. The summed E-state index contributed by atoms with van der Waals surface area (Å²) in [6.45, 7) is 1.65. The molecule has 2 N–H and O–H groups in total. The van der Waals surface area contributed by atoms with Crippen LogP contribution in [0.3, 0.4) is 0 Å². The van der Waals surface area contributed by atoms with E-state index in [9.17, 15) is 9.90 Å². The number of rotatable bonds is 7. The van der Waals surface area contributed by atoms with Crippen LogP contribution in [-0.2, 0) is 0 Å². The molecule has 0 bridgehead atoms. The molecular weight excluding hydrogens is 390 g/mol. The van der Waals surface area contributed by atoms with E-state index >= 15 is 0 Å². The van der Waals surface area contributed by atoms with E-state index in [1.165, 1.54) is 19.3 Å². The number of nitrogens with one attached hydrogen (secondary N) is 1. The van der Waals surface area contributed by atoms with Gasteiger partial charge in [-0.15, -0.1) is 0 Å². The van der Waals surface area contributed by atoms with Gasteiger partial charge in [-0.2, -0.15) is 0 Å². The summed E-state index contributed by atoms with van der Waals surface area (Å²) >= 11 is 0. The van der Waals surface area contributed by atoms with Crippen LogP contribution >= 0.6 is 0 Å². The first-order valence-corrected chi connectivity index (χ1v) is 10.7. The zero-order chi connectivity index (χ0) is 21.5. The molecule has 1 aliphatic rings. The molecule has 1 aliphatic heterocycles. The molecule has 1 atom stereocenters. The molecule has 3 aromatic rings. The summed E-state index contributed by atoms with van der Waals surface area (Å²) in [6.07, 6.45) is 4.61. The van der Waals surface area contributed by atoms with Gasteiger partial charge in [-0.1, -0.05) is 36.8 Å². The molecule has 1 fully saturated rings. The van der Waals surface area contributed by atoms with Gasteiger partial charge in [-0.25, -0.2) is 4.79 Å². The lowest BCUT2D eigenvalue weighted by molar-refractivity contribution is 0.0735. The minimum atomic E-state index is -0.402. The zero-order valence-corrected chi connectivity index (χ0v) is 17.3. The molecule has 1 radical (unpaired) electrons. The summed E-state index contributed by atoms with van der Waals surface area (Å²) < 4.78 is 11.3. The number of hydrogen-bond acceptors (Lipinski definition) is 5. The highest BCUT2D eigenvalue weighted by Gasteiger charge is 2.13. The third-order valence-electron chi connectivity index (χ3n) is 5.35. The Morgan fingerprint density at radius 3 is 2.61 bits per heavy atom. The fraction of sp³-hybridized carbons (Fsp3) is 0.269. The minimum Gasteiger partial charge on any atom is -0.508 e.